The zero-order valence-corrected chi connectivity index (χ0v) is 10.4. The third-order valence-corrected chi connectivity index (χ3v) is 2.14. The first-order chi connectivity index (χ1) is 5.60. The molecule has 0 saturated carbocycles. The Hall–Kier alpha value is -0.300. The first-order valence-corrected chi connectivity index (χ1v) is 5.45. The molecular formula is C9H21N2OP. The van der Waals surface area contributed by atoms with Gasteiger partial charge in [-0.15, -0.1) is 0 Å². The van der Waals surface area contributed by atoms with Crippen LogP contribution in [0.2, 0.25) is 0 Å². The molecule has 0 radical (unpaired) electrons. The number of urea groups is 1. The van der Waals surface area contributed by atoms with Crippen molar-refractivity contribution in [3.63, 3.8) is 0 Å². The van der Waals surface area contributed by atoms with Crippen molar-refractivity contribution in [1.82, 2.24) is 10.4 Å². The lowest BCUT2D eigenvalue weighted by Gasteiger charge is -2.23. The molecule has 1 atom stereocenters. The van der Waals surface area contributed by atoms with Gasteiger partial charge in [-0.05, 0) is 34.7 Å². The highest BCUT2D eigenvalue weighted by atomic mass is 31.1. The van der Waals surface area contributed by atoms with E-state index < -0.39 is 0 Å². The van der Waals surface area contributed by atoms with E-state index in [0.29, 0.717) is 8.73 Å². The normalized spacial score (nSPS) is 13.4. The molecular weight excluding hydrogens is 183 g/mol. The second-order valence-electron chi connectivity index (χ2n) is 5.20. The molecule has 3 nitrogen and oxygen atoms in total. The van der Waals surface area contributed by atoms with E-state index >= 15 is 0 Å². The third-order valence-electron chi connectivity index (χ3n) is 1.04. The molecule has 4 heteroatoms. The lowest BCUT2D eigenvalue weighted by Crippen LogP contribution is -2.44. The van der Waals surface area contributed by atoms with Gasteiger partial charge in [-0.25, -0.2) is 4.79 Å². The SMILES string of the molecule is CC(C)(C)NC(=O)NPC(C)(C)C. The summed E-state index contributed by atoms with van der Waals surface area (Å²) in [5.74, 6) is 0. The molecule has 0 spiro atoms. The Kier molecular flexibility index (Phi) is 4.18. The smallest absolute Gasteiger partial charge is 0.318 e. The van der Waals surface area contributed by atoms with Crippen LogP contribution in [-0.2, 0) is 0 Å². The number of hydrogen-bond acceptors (Lipinski definition) is 1. The summed E-state index contributed by atoms with van der Waals surface area (Å²) >= 11 is 0. The lowest BCUT2D eigenvalue weighted by atomic mass is 10.1. The van der Waals surface area contributed by atoms with Gasteiger partial charge in [0, 0.05) is 5.54 Å². The van der Waals surface area contributed by atoms with Crippen molar-refractivity contribution in [2.24, 2.45) is 0 Å². The van der Waals surface area contributed by atoms with E-state index in [9.17, 15) is 4.79 Å². The van der Waals surface area contributed by atoms with Crippen molar-refractivity contribution in [2.45, 2.75) is 52.2 Å². The van der Waals surface area contributed by atoms with E-state index in [-0.39, 0.29) is 16.7 Å². The van der Waals surface area contributed by atoms with Crippen molar-refractivity contribution >= 4 is 14.8 Å². The van der Waals surface area contributed by atoms with Crippen LogP contribution >= 0.6 is 8.73 Å². The predicted octanol–water partition coefficient (Wildman–Crippen LogP) is 2.48. The molecule has 0 heterocycles. The molecule has 0 rings (SSSR count). The third kappa shape index (κ3) is 9.62. The predicted molar refractivity (Wildman–Crippen MR) is 59.5 cm³/mol. The second-order valence-corrected chi connectivity index (χ2v) is 7.20. The van der Waals surface area contributed by atoms with Gasteiger partial charge in [0.15, 0.2) is 0 Å². The fourth-order valence-corrected chi connectivity index (χ4v) is 1.17. The molecule has 1 unspecified atom stereocenters. The van der Waals surface area contributed by atoms with Crippen LogP contribution in [0.5, 0.6) is 0 Å². The van der Waals surface area contributed by atoms with Crippen LogP contribution in [-0.4, -0.2) is 16.7 Å². The van der Waals surface area contributed by atoms with Gasteiger partial charge in [-0.1, -0.05) is 20.8 Å². The van der Waals surface area contributed by atoms with Crippen LogP contribution in [0.15, 0.2) is 0 Å². The van der Waals surface area contributed by atoms with Crippen LogP contribution < -0.4 is 10.4 Å². The molecule has 78 valence electrons. The van der Waals surface area contributed by atoms with Crippen molar-refractivity contribution < 1.29 is 4.79 Å². The Balaban J connectivity index is 3.78. The van der Waals surface area contributed by atoms with Crippen LogP contribution in [0.25, 0.3) is 0 Å². The van der Waals surface area contributed by atoms with E-state index in [0.717, 1.165) is 0 Å². The molecule has 0 aromatic carbocycles. The van der Waals surface area contributed by atoms with Crippen LogP contribution in [0, 0.1) is 0 Å². The Morgan fingerprint density at radius 1 is 1.08 bits per heavy atom. The fraction of sp³-hybridized carbons (Fsp3) is 0.889. The summed E-state index contributed by atoms with van der Waals surface area (Å²) in [5.41, 5.74) is -0.160. The number of rotatable bonds is 1. The zero-order valence-electron chi connectivity index (χ0n) is 9.41. The Morgan fingerprint density at radius 2 is 1.54 bits per heavy atom. The first-order valence-electron chi connectivity index (χ1n) is 4.45. The number of carbonyl (C=O) groups excluding carboxylic acids is 1. The molecule has 0 saturated heterocycles. The maximum atomic E-state index is 11.3. The number of nitrogens with one attached hydrogen (secondary N) is 2. The molecule has 0 aliphatic rings. The van der Waals surface area contributed by atoms with E-state index in [2.05, 4.69) is 31.2 Å². The van der Waals surface area contributed by atoms with Gasteiger partial charge in [0.1, 0.15) is 0 Å². The topological polar surface area (TPSA) is 41.1 Å². The minimum Gasteiger partial charge on any atom is -0.333 e. The number of carbonyl (C=O) groups is 1. The summed E-state index contributed by atoms with van der Waals surface area (Å²) in [7, 11) is 0.446. The van der Waals surface area contributed by atoms with Crippen LogP contribution in [0.1, 0.15) is 41.5 Å². The van der Waals surface area contributed by atoms with E-state index in [1.165, 1.54) is 0 Å². The van der Waals surface area contributed by atoms with E-state index in [1.54, 1.807) is 0 Å². The number of amides is 2. The van der Waals surface area contributed by atoms with Gasteiger partial charge in [-0.2, -0.15) is 0 Å². The molecule has 0 aliphatic carbocycles. The van der Waals surface area contributed by atoms with Gasteiger partial charge in [0.25, 0.3) is 0 Å². The average molecular weight is 204 g/mol. The van der Waals surface area contributed by atoms with Crippen molar-refractivity contribution in [2.75, 3.05) is 0 Å². The van der Waals surface area contributed by atoms with Crippen LogP contribution in [0.4, 0.5) is 4.79 Å². The minimum absolute atomic E-state index is 0.0826. The second kappa shape index (κ2) is 4.28. The Bertz CT molecular complexity index is 179. The molecule has 0 aliphatic heterocycles. The van der Waals surface area contributed by atoms with Gasteiger partial charge >= 0.3 is 6.03 Å². The molecule has 0 bridgehead atoms. The van der Waals surface area contributed by atoms with E-state index in [1.807, 2.05) is 20.8 Å². The summed E-state index contributed by atoms with van der Waals surface area (Å²) in [6, 6.07) is -0.0826. The van der Waals surface area contributed by atoms with Crippen molar-refractivity contribution in [3.05, 3.63) is 0 Å². The standard InChI is InChI=1S/C9H21N2OP/c1-8(2,3)10-7(12)11-13-9(4,5)6/h13H,1-6H3,(H2,10,11,12). The largest absolute Gasteiger partial charge is 0.333 e. The molecule has 2 N–H and O–H groups in total. The highest BCUT2D eigenvalue weighted by molar-refractivity contribution is 7.38. The minimum atomic E-state index is -0.160. The van der Waals surface area contributed by atoms with Gasteiger partial charge < -0.3 is 10.4 Å². The lowest BCUT2D eigenvalue weighted by molar-refractivity contribution is 0.237. The zero-order chi connectivity index (χ0) is 10.7. The van der Waals surface area contributed by atoms with Gasteiger partial charge in [0.05, 0.1) is 0 Å². The summed E-state index contributed by atoms with van der Waals surface area (Å²) in [6.45, 7) is 12.2. The highest BCUT2D eigenvalue weighted by Gasteiger charge is 2.16. The maximum absolute atomic E-state index is 11.3. The first kappa shape index (κ1) is 12.7. The molecule has 13 heavy (non-hydrogen) atoms. The fourth-order valence-electron chi connectivity index (χ4n) is 0.616. The monoisotopic (exact) mass is 204 g/mol. The average Bonchev–Trinajstić information content (AvgIpc) is 1.78. The summed E-state index contributed by atoms with van der Waals surface area (Å²) < 4.78 is 0. The summed E-state index contributed by atoms with van der Waals surface area (Å²) in [6.07, 6.45) is 0. The quantitative estimate of drug-likeness (QED) is 0.633. The molecule has 2 amide bonds. The maximum Gasteiger partial charge on any atom is 0.318 e. The molecule has 0 aromatic rings. The van der Waals surface area contributed by atoms with E-state index in [4.69, 9.17) is 0 Å². The van der Waals surface area contributed by atoms with Crippen molar-refractivity contribution in [3.8, 4) is 0 Å². The summed E-state index contributed by atoms with van der Waals surface area (Å²) in [5, 5.41) is 5.87. The van der Waals surface area contributed by atoms with Gasteiger partial charge in [-0.3, -0.25) is 0 Å². The van der Waals surface area contributed by atoms with Gasteiger partial charge in [0.2, 0.25) is 0 Å². The Labute approximate surface area is 82.9 Å². The molecule has 0 aromatic heterocycles. The number of hydrogen-bond donors (Lipinski definition) is 2. The highest BCUT2D eigenvalue weighted by Crippen LogP contribution is 2.25. The van der Waals surface area contributed by atoms with Crippen molar-refractivity contribution in [1.29, 1.82) is 0 Å². The Morgan fingerprint density at radius 3 is 1.85 bits per heavy atom. The molecule has 0 fully saturated rings. The summed E-state index contributed by atoms with van der Waals surface area (Å²) in [4.78, 5) is 11.3. The van der Waals surface area contributed by atoms with Crippen LogP contribution in [0.3, 0.4) is 0 Å².